The number of hydrogen-bond donors (Lipinski definition) is 0. The summed E-state index contributed by atoms with van der Waals surface area (Å²) in [5, 5.41) is 0. The standard InChI is InChI=1S/C33H40O4/c1-10-32(6,7)37-29-18-16-27(20-23(29)5)33(8,9)26-15-17-28(22(4)19-26)36-31(35)25-13-11-24(12-14-25)30(34)21(2)3/h11-21H,10H2,1-9H3. The number of carbonyl (C=O) groups is 2. The van der Waals surface area contributed by atoms with Crippen LogP contribution in [-0.2, 0) is 5.41 Å². The minimum Gasteiger partial charge on any atom is -0.488 e. The quantitative estimate of drug-likeness (QED) is 0.169. The molecule has 0 aliphatic rings. The summed E-state index contributed by atoms with van der Waals surface area (Å²) in [6, 6.07) is 19.0. The van der Waals surface area contributed by atoms with E-state index in [0.29, 0.717) is 16.9 Å². The van der Waals surface area contributed by atoms with Gasteiger partial charge in [-0.25, -0.2) is 4.79 Å². The summed E-state index contributed by atoms with van der Waals surface area (Å²) >= 11 is 0. The van der Waals surface area contributed by atoms with Crippen LogP contribution in [0.15, 0.2) is 60.7 Å². The topological polar surface area (TPSA) is 52.6 Å². The second-order valence-electron chi connectivity index (χ2n) is 11.3. The van der Waals surface area contributed by atoms with E-state index >= 15 is 0 Å². The van der Waals surface area contributed by atoms with Crippen LogP contribution in [0.5, 0.6) is 11.5 Å². The molecule has 4 nitrogen and oxygen atoms in total. The van der Waals surface area contributed by atoms with Crippen molar-refractivity contribution in [3.8, 4) is 11.5 Å². The zero-order valence-electron chi connectivity index (χ0n) is 23.7. The molecule has 0 spiro atoms. The maximum Gasteiger partial charge on any atom is 0.343 e. The van der Waals surface area contributed by atoms with Crippen LogP contribution in [0.1, 0.15) is 97.9 Å². The molecule has 0 aliphatic carbocycles. The molecule has 0 aliphatic heterocycles. The smallest absolute Gasteiger partial charge is 0.343 e. The van der Waals surface area contributed by atoms with Crippen molar-refractivity contribution in [2.75, 3.05) is 0 Å². The highest BCUT2D eigenvalue weighted by atomic mass is 16.5. The Morgan fingerprint density at radius 3 is 1.70 bits per heavy atom. The number of benzene rings is 3. The predicted molar refractivity (Wildman–Crippen MR) is 150 cm³/mol. The normalized spacial score (nSPS) is 11.9. The average Bonchev–Trinajstić information content (AvgIpc) is 2.85. The molecule has 0 unspecified atom stereocenters. The monoisotopic (exact) mass is 500 g/mol. The lowest BCUT2D eigenvalue weighted by Gasteiger charge is -2.29. The van der Waals surface area contributed by atoms with Gasteiger partial charge in [0.05, 0.1) is 5.56 Å². The molecule has 0 atom stereocenters. The van der Waals surface area contributed by atoms with Crippen LogP contribution >= 0.6 is 0 Å². The molecule has 3 aromatic carbocycles. The molecule has 196 valence electrons. The third-order valence-electron chi connectivity index (χ3n) is 7.16. The van der Waals surface area contributed by atoms with Gasteiger partial charge in [-0.1, -0.05) is 71.0 Å². The Balaban J connectivity index is 1.78. The minimum absolute atomic E-state index is 0.0520. The minimum atomic E-state index is -0.445. The van der Waals surface area contributed by atoms with Gasteiger partial charge in [-0.3, -0.25) is 4.79 Å². The van der Waals surface area contributed by atoms with Gasteiger partial charge in [0.1, 0.15) is 17.1 Å². The first kappa shape index (κ1) is 28.2. The number of carbonyl (C=O) groups excluding carboxylic acids is 2. The lowest BCUT2D eigenvalue weighted by molar-refractivity contribution is 0.0732. The van der Waals surface area contributed by atoms with Crippen molar-refractivity contribution in [3.05, 3.63) is 94.0 Å². The Morgan fingerprint density at radius 2 is 1.24 bits per heavy atom. The fourth-order valence-corrected chi connectivity index (χ4v) is 4.10. The Morgan fingerprint density at radius 1 is 0.757 bits per heavy atom. The molecule has 3 aromatic rings. The summed E-state index contributed by atoms with van der Waals surface area (Å²) in [7, 11) is 0. The molecule has 0 radical (unpaired) electrons. The van der Waals surface area contributed by atoms with Gasteiger partial charge in [0, 0.05) is 16.9 Å². The molecule has 0 N–H and O–H groups in total. The Labute approximate surface area is 222 Å². The van der Waals surface area contributed by atoms with Gasteiger partial charge in [-0.15, -0.1) is 0 Å². The molecule has 3 rings (SSSR count). The molecule has 0 fully saturated rings. The van der Waals surface area contributed by atoms with Gasteiger partial charge in [0.25, 0.3) is 0 Å². The lowest BCUT2D eigenvalue weighted by atomic mass is 9.77. The third-order valence-corrected chi connectivity index (χ3v) is 7.16. The maximum absolute atomic E-state index is 12.8. The SMILES string of the molecule is CCC(C)(C)Oc1ccc(C(C)(C)c2ccc(OC(=O)c3ccc(C(=O)C(C)C)cc3)c(C)c2)cc1C. The van der Waals surface area contributed by atoms with Crippen molar-refractivity contribution in [2.45, 2.75) is 79.8 Å². The molecule has 0 bridgehead atoms. The number of Topliss-reactive ketones (excluding diaryl/α,β-unsaturated/α-hetero) is 1. The second kappa shape index (κ2) is 10.9. The molecule has 37 heavy (non-hydrogen) atoms. The van der Waals surface area contributed by atoms with E-state index in [9.17, 15) is 9.59 Å². The first-order valence-corrected chi connectivity index (χ1v) is 13.0. The molecule has 0 heterocycles. The fraction of sp³-hybridized carbons (Fsp3) is 0.394. The molecule has 0 amide bonds. The highest BCUT2D eigenvalue weighted by molar-refractivity contribution is 5.99. The summed E-state index contributed by atoms with van der Waals surface area (Å²) in [6.07, 6.45) is 0.930. The zero-order valence-corrected chi connectivity index (χ0v) is 23.7. The highest BCUT2D eigenvalue weighted by Gasteiger charge is 2.26. The summed E-state index contributed by atoms with van der Waals surface area (Å²) in [6.45, 7) is 18.5. The van der Waals surface area contributed by atoms with Crippen molar-refractivity contribution < 1.29 is 19.1 Å². The number of aryl methyl sites for hydroxylation is 2. The number of rotatable bonds is 9. The van der Waals surface area contributed by atoms with Crippen LogP contribution in [0.25, 0.3) is 0 Å². The summed E-state index contributed by atoms with van der Waals surface area (Å²) in [5.74, 6) is 0.947. The van der Waals surface area contributed by atoms with Crippen molar-refractivity contribution in [3.63, 3.8) is 0 Å². The highest BCUT2D eigenvalue weighted by Crippen LogP contribution is 2.36. The van der Waals surface area contributed by atoms with Crippen molar-refractivity contribution >= 4 is 11.8 Å². The van der Waals surface area contributed by atoms with Crippen molar-refractivity contribution in [2.24, 2.45) is 5.92 Å². The van der Waals surface area contributed by atoms with E-state index in [1.807, 2.05) is 32.9 Å². The van der Waals surface area contributed by atoms with Gasteiger partial charge < -0.3 is 9.47 Å². The first-order chi connectivity index (χ1) is 17.2. The van der Waals surface area contributed by atoms with Crippen LogP contribution in [0.4, 0.5) is 0 Å². The van der Waals surface area contributed by atoms with Crippen LogP contribution in [0.2, 0.25) is 0 Å². The summed E-state index contributed by atoms with van der Waals surface area (Å²) in [5.41, 5.74) is 4.85. The average molecular weight is 501 g/mol. The molecular formula is C33H40O4. The number of esters is 1. The van der Waals surface area contributed by atoms with E-state index in [4.69, 9.17) is 9.47 Å². The predicted octanol–water partition coefficient (Wildman–Crippen LogP) is 8.25. The summed E-state index contributed by atoms with van der Waals surface area (Å²) in [4.78, 5) is 24.9. The third kappa shape index (κ3) is 6.49. The van der Waals surface area contributed by atoms with Crippen molar-refractivity contribution in [1.82, 2.24) is 0 Å². The number of ether oxygens (including phenoxy) is 2. The van der Waals surface area contributed by atoms with Crippen LogP contribution < -0.4 is 9.47 Å². The van der Waals surface area contributed by atoms with E-state index in [1.54, 1.807) is 24.3 Å². The van der Waals surface area contributed by atoms with Crippen molar-refractivity contribution in [1.29, 1.82) is 0 Å². The Hall–Kier alpha value is -3.40. The van der Waals surface area contributed by atoms with Gasteiger partial charge in [0.15, 0.2) is 5.78 Å². The van der Waals surface area contributed by atoms with Crippen LogP contribution in [-0.4, -0.2) is 17.4 Å². The van der Waals surface area contributed by atoms with Gasteiger partial charge in [-0.05, 0) is 80.6 Å². The molecule has 0 saturated heterocycles. The number of ketones is 1. The van der Waals surface area contributed by atoms with E-state index in [-0.39, 0.29) is 22.7 Å². The molecule has 4 heteroatoms. The van der Waals surface area contributed by atoms with Gasteiger partial charge in [0.2, 0.25) is 0 Å². The largest absolute Gasteiger partial charge is 0.488 e. The van der Waals surface area contributed by atoms with E-state index in [0.717, 1.165) is 28.9 Å². The molecule has 0 saturated carbocycles. The van der Waals surface area contributed by atoms with E-state index < -0.39 is 5.97 Å². The Kier molecular flexibility index (Phi) is 8.32. The van der Waals surface area contributed by atoms with Gasteiger partial charge >= 0.3 is 5.97 Å². The second-order valence-corrected chi connectivity index (χ2v) is 11.3. The lowest BCUT2D eigenvalue weighted by Crippen LogP contribution is -2.27. The zero-order chi connectivity index (χ0) is 27.5. The summed E-state index contributed by atoms with van der Waals surface area (Å²) < 4.78 is 11.9. The number of hydrogen-bond acceptors (Lipinski definition) is 4. The van der Waals surface area contributed by atoms with E-state index in [1.165, 1.54) is 5.56 Å². The van der Waals surface area contributed by atoms with Crippen LogP contribution in [0.3, 0.4) is 0 Å². The first-order valence-electron chi connectivity index (χ1n) is 13.0. The van der Waals surface area contributed by atoms with Gasteiger partial charge in [-0.2, -0.15) is 0 Å². The molecular weight excluding hydrogens is 460 g/mol. The fourth-order valence-electron chi connectivity index (χ4n) is 4.10. The molecule has 0 aromatic heterocycles. The van der Waals surface area contributed by atoms with E-state index in [2.05, 4.69) is 65.8 Å². The van der Waals surface area contributed by atoms with Crippen LogP contribution in [0, 0.1) is 19.8 Å². The maximum atomic E-state index is 12.8. The Bertz CT molecular complexity index is 1280.